The number of rotatable bonds is 3. The third-order valence-corrected chi connectivity index (χ3v) is 1.88. The number of halogens is 4. The Balaban J connectivity index is 3.35. The molecule has 1 aromatic rings. The summed E-state index contributed by atoms with van der Waals surface area (Å²) in [6.45, 7) is -1.24. The van der Waals surface area contributed by atoms with Gasteiger partial charge in [0.25, 0.3) is 0 Å². The summed E-state index contributed by atoms with van der Waals surface area (Å²) in [5, 5.41) is 0. The molecule has 0 bridgehead atoms. The van der Waals surface area contributed by atoms with Gasteiger partial charge in [0.2, 0.25) is 5.43 Å². The van der Waals surface area contributed by atoms with E-state index in [0.717, 1.165) is 7.11 Å². The van der Waals surface area contributed by atoms with Gasteiger partial charge in [0, 0.05) is 6.20 Å². The zero-order valence-electron chi connectivity index (χ0n) is 8.93. The molecule has 0 aliphatic rings. The number of hydrogen-bond donors (Lipinski definition) is 1. The van der Waals surface area contributed by atoms with Crippen molar-refractivity contribution in [2.24, 2.45) is 0 Å². The van der Waals surface area contributed by atoms with Crippen LogP contribution in [0.2, 0.25) is 0 Å². The SMILES string of the molecule is COC(=O)c1c(CF)[nH]cc(OC(F)(F)F)c1=O. The van der Waals surface area contributed by atoms with Gasteiger partial charge in [-0.25, -0.2) is 9.18 Å². The molecule has 0 amide bonds. The van der Waals surface area contributed by atoms with Crippen LogP contribution in [0.1, 0.15) is 16.1 Å². The van der Waals surface area contributed by atoms with Gasteiger partial charge in [0.05, 0.1) is 12.8 Å². The number of nitrogens with one attached hydrogen (secondary N) is 1. The number of ether oxygens (including phenoxy) is 2. The van der Waals surface area contributed by atoms with Crippen LogP contribution in [-0.2, 0) is 11.4 Å². The Morgan fingerprint density at radius 2 is 2.06 bits per heavy atom. The zero-order chi connectivity index (χ0) is 13.9. The van der Waals surface area contributed by atoms with Gasteiger partial charge in [-0.1, -0.05) is 0 Å². The molecule has 0 unspecified atom stereocenters. The predicted octanol–water partition coefficient (Wildman–Crippen LogP) is 1.53. The Bertz CT molecular complexity index is 508. The van der Waals surface area contributed by atoms with Crippen molar-refractivity contribution in [2.45, 2.75) is 13.0 Å². The fourth-order valence-corrected chi connectivity index (χ4v) is 1.17. The molecule has 0 atom stereocenters. The molecule has 0 fully saturated rings. The van der Waals surface area contributed by atoms with Gasteiger partial charge in [-0.05, 0) is 0 Å². The lowest BCUT2D eigenvalue weighted by molar-refractivity contribution is -0.275. The van der Waals surface area contributed by atoms with Crippen molar-refractivity contribution in [1.29, 1.82) is 0 Å². The number of carbonyl (C=O) groups excluding carboxylic acids is 1. The summed E-state index contributed by atoms with van der Waals surface area (Å²) in [4.78, 5) is 24.7. The number of methoxy groups -OCH3 is 1. The average molecular weight is 269 g/mol. The third kappa shape index (κ3) is 2.99. The van der Waals surface area contributed by atoms with Crippen LogP contribution >= 0.6 is 0 Å². The fraction of sp³-hybridized carbons (Fsp3) is 0.333. The third-order valence-electron chi connectivity index (χ3n) is 1.88. The van der Waals surface area contributed by atoms with Crippen molar-refractivity contribution in [3.05, 3.63) is 27.7 Å². The van der Waals surface area contributed by atoms with Crippen molar-refractivity contribution >= 4 is 5.97 Å². The van der Waals surface area contributed by atoms with Crippen LogP contribution < -0.4 is 10.2 Å². The van der Waals surface area contributed by atoms with E-state index in [2.05, 4.69) is 9.47 Å². The molecule has 0 aliphatic heterocycles. The number of aromatic nitrogens is 1. The second-order valence-corrected chi connectivity index (χ2v) is 3.01. The lowest BCUT2D eigenvalue weighted by Crippen LogP contribution is -2.26. The van der Waals surface area contributed by atoms with Crippen molar-refractivity contribution in [1.82, 2.24) is 4.98 Å². The molecular weight excluding hydrogens is 262 g/mol. The minimum Gasteiger partial charge on any atom is -0.465 e. The Hall–Kier alpha value is -2.06. The maximum atomic E-state index is 12.5. The molecule has 0 aliphatic carbocycles. The quantitative estimate of drug-likeness (QED) is 0.667. The second-order valence-electron chi connectivity index (χ2n) is 3.01. The van der Waals surface area contributed by atoms with E-state index in [4.69, 9.17) is 0 Å². The van der Waals surface area contributed by atoms with Crippen LogP contribution in [0.25, 0.3) is 0 Å². The topological polar surface area (TPSA) is 68.4 Å². The van der Waals surface area contributed by atoms with Gasteiger partial charge < -0.3 is 14.5 Å². The number of H-pyrrole nitrogens is 1. The molecule has 1 heterocycles. The van der Waals surface area contributed by atoms with Gasteiger partial charge in [-0.2, -0.15) is 0 Å². The first kappa shape index (κ1) is 14.0. The monoisotopic (exact) mass is 269 g/mol. The summed E-state index contributed by atoms with van der Waals surface area (Å²) >= 11 is 0. The molecule has 18 heavy (non-hydrogen) atoms. The fourth-order valence-electron chi connectivity index (χ4n) is 1.17. The van der Waals surface area contributed by atoms with Gasteiger partial charge in [0.15, 0.2) is 5.75 Å². The summed E-state index contributed by atoms with van der Waals surface area (Å²) in [6.07, 6.45) is -4.57. The van der Waals surface area contributed by atoms with Crippen LogP contribution in [0.5, 0.6) is 5.75 Å². The number of alkyl halides is 4. The number of hydrogen-bond acceptors (Lipinski definition) is 4. The second kappa shape index (κ2) is 5.07. The van der Waals surface area contributed by atoms with Crippen LogP contribution in [-0.4, -0.2) is 24.4 Å². The molecule has 0 radical (unpaired) electrons. The van der Waals surface area contributed by atoms with Gasteiger partial charge in [-0.3, -0.25) is 4.79 Å². The average Bonchev–Trinajstić information content (AvgIpc) is 2.29. The standard InChI is InChI=1S/C9H7F4NO4/c1-17-8(16)6-4(2-10)14-3-5(7(6)15)18-9(11,12)13/h3H,2H2,1H3,(H,14,15). The van der Waals surface area contributed by atoms with E-state index in [0.29, 0.717) is 6.20 Å². The summed E-state index contributed by atoms with van der Waals surface area (Å²) in [5.74, 6) is -2.42. The lowest BCUT2D eigenvalue weighted by atomic mass is 10.2. The van der Waals surface area contributed by atoms with E-state index in [-0.39, 0.29) is 0 Å². The Morgan fingerprint density at radius 1 is 1.44 bits per heavy atom. The zero-order valence-corrected chi connectivity index (χ0v) is 8.93. The molecule has 5 nitrogen and oxygen atoms in total. The van der Waals surface area contributed by atoms with Crippen molar-refractivity contribution < 1.29 is 31.8 Å². The Morgan fingerprint density at radius 3 is 2.50 bits per heavy atom. The van der Waals surface area contributed by atoms with Crippen molar-refractivity contribution in [3.8, 4) is 5.75 Å². The highest BCUT2D eigenvalue weighted by molar-refractivity contribution is 5.90. The normalized spacial score (nSPS) is 11.2. The van der Waals surface area contributed by atoms with E-state index in [1.54, 1.807) is 0 Å². The van der Waals surface area contributed by atoms with E-state index >= 15 is 0 Å². The summed E-state index contributed by atoms with van der Waals surface area (Å²) in [6, 6.07) is 0. The van der Waals surface area contributed by atoms with Crippen LogP contribution in [0, 0.1) is 0 Å². The first-order valence-electron chi connectivity index (χ1n) is 4.44. The molecule has 0 saturated heterocycles. The molecule has 1 aromatic heterocycles. The number of pyridine rings is 1. The first-order valence-corrected chi connectivity index (χ1v) is 4.44. The highest BCUT2D eigenvalue weighted by Gasteiger charge is 2.33. The summed E-state index contributed by atoms with van der Waals surface area (Å²) in [7, 11) is 0.904. The molecular formula is C9H7F4NO4. The number of carbonyl (C=O) groups is 1. The first-order chi connectivity index (χ1) is 8.30. The van der Waals surface area contributed by atoms with Crippen molar-refractivity contribution in [3.63, 3.8) is 0 Å². The van der Waals surface area contributed by atoms with Gasteiger partial charge in [-0.15, -0.1) is 13.2 Å². The van der Waals surface area contributed by atoms with E-state index in [9.17, 15) is 27.2 Å². The van der Waals surface area contributed by atoms with Crippen LogP contribution in [0.4, 0.5) is 17.6 Å². The molecule has 0 spiro atoms. The van der Waals surface area contributed by atoms with Crippen LogP contribution in [0.3, 0.4) is 0 Å². The molecule has 9 heteroatoms. The molecule has 0 saturated carbocycles. The molecule has 1 N–H and O–H groups in total. The molecule has 1 rings (SSSR count). The minimum atomic E-state index is -5.10. The Kier molecular flexibility index (Phi) is 3.94. The smallest absolute Gasteiger partial charge is 0.465 e. The molecule has 100 valence electrons. The van der Waals surface area contributed by atoms with Gasteiger partial charge >= 0.3 is 12.3 Å². The van der Waals surface area contributed by atoms with Crippen molar-refractivity contribution in [2.75, 3.05) is 7.11 Å². The predicted molar refractivity (Wildman–Crippen MR) is 49.9 cm³/mol. The minimum absolute atomic E-state index is 0.485. The maximum Gasteiger partial charge on any atom is 0.573 e. The maximum absolute atomic E-state index is 12.5. The highest BCUT2D eigenvalue weighted by atomic mass is 19.4. The van der Waals surface area contributed by atoms with E-state index in [1.165, 1.54) is 0 Å². The van der Waals surface area contributed by atoms with E-state index < -0.39 is 41.4 Å². The van der Waals surface area contributed by atoms with Crippen LogP contribution in [0.15, 0.2) is 11.0 Å². The number of aromatic amines is 1. The number of esters is 1. The summed E-state index contributed by atoms with van der Waals surface area (Å²) in [5.41, 5.74) is -2.74. The lowest BCUT2D eigenvalue weighted by Gasteiger charge is -2.10. The largest absolute Gasteiger partial charge is 0.573 e. The highest BCUT2D eigenvalue weighted by Crippen LogP contribution is 2.20. The Labute approximate surface area is 97.3 Å². The summed E-state index contributed by atoms with van der Waals surface area (Å²) < 4.78 is 55.9. The van der Waals surface area contributed by atoms with E-state index in [1.807, 2.05) is 4.98 Å². The molecule has 0 aromatic carbocycles. The van der Waals surface area contributed by atoms with Gasteiger partial charge in [0.1, 0.15) is 12.2 Å².